The summed E-state index contributed by atoms with van der Waals surface area (Å²) in [5, 5.41) is 0. The smallest absolute Gasteiger partial charge is 0.124 e. The molecule has 2 N–H and O–H groups in total. The quantitative estimate of drug-likeness (QED) is 0.802. The fourth-order valence-electron chi connectivity index (χ4n) is 3.61. The molecular weight excluding hydrogens is 348 g/mol. The summed E-state index contributed by atoms with van der Waals surface area (Å²) in [6.45, 7) is 6.11. The van der Waals surface area contributed by atoms with Crippen LogP contribution in [0.25, 0.3) is 0 Å². The minimum atomic E-state index is 0. The predicted octanol–water partition coefficient (Wildman–Crippen LogP) is 3.58. The molecule has 0 spiro atoms. The Labute approximate surface area is 162 Å². The van der Waals surface area contributed by atoms with Crippen LogP contribution < -0.4 is 10.5 Å². The zero-order valence-electron chi connectivity index (χ0n) is 15.6. The average molecular weight is 377 g/mol. The first-order valence-corrected chi connectivity index (χ1v) is 8.97. The third-order valence-corrected chi connectivity index (χ3v) is 4.88. The van der Waals surface area contributed by atoms with Gasteiger partial charge in [-0.3, -0.25) is 4.90 Å². The molecule has 3 rings (SSSR count). The monoisotopic (exact) mass is 376 g/mol. The second-order valence-corrected chi connectivity index (χ2v) is 6.66. The van der Waals surface area contributed by atoms with Crippen molar-refractivity contribution in [2.75, 3.05) is 26.8 Å². The van der Waals surface area contributed by atoms with E-state index in [-0.39, 0.29) is 18.4 Å². The molecule has 0 amide bonds. The van der Waals surface area contributed by atoms with E-state index in [1.807, 2.05) is 13.0 Å². The fourth-order valence-corrected chi connectivity index (χ4v) is 3.61. The molecule has 1 aliphatic rings. The second-order valence-electron chi connectivity index (χ2n) is 6.66. The van der Waals surface area contributed by atoms with E-state index in [2.05, 4.69) is 47.4 Å². The lowest BCUT2D eigenvalue weighted by Crippen LogP contribution is -2.28. The number of methoxy groups -OCH3 is 1. The number of nitrogens with two attached hydrogens (primary N) is 1. The summed E-state index contributed by atoms with van der Waals surface area (Å²) in [6, 6.07) is 17.1. The largest absolute Gasteiger partial charge is 0.496 e. The van der Waals surface area contributed by atoms with E-state index in [0.29, 0.717) is 19.1 Å². The normalized spacial score (nSPS) is 20.0. The molecule has 0 saturated carbocycles. The van der Waals surface area contributed by atoms with Crippen LogP contribution in [-0.4, -0.2) is 37.7 Å². The first-order chi connectivity index (χ1) is 12.2. The van der Waals surface area contributed by atoms with Gasteiger partial charge in [-0.25, -0.2) is 0 Å². The van der Waals surface area contributed by atoms with Crippen LogP contribution in [-0.2, 0) is 17.9 Å². The van der Waals surface area contributed by atoms with Crippen molar-refractivity contribution >= 4 is 12.4 Å². The molecule has 4 nitrogen and oxygen atoms in total. The maximum atomic E-state index is 6.41. The standard InChI is InChI=1S/C21H28N2O2.ClH/c1-3-25-15-18-11-16(9-10-21(18)24-2)12-23-13-19(20(22)14-23)17-7-5-4-6-8-17;/h4-11,19-20H,3,12-15,22H2,1-2H3;1H/t19-,20+;/m0./s1. The molecule has 0 aliphatic carbocycles. The van der Waals surface area contributed by atoms with E-state index in [0.717, 1.165) is 30.9 Å². The van der Waals surface area contributed by atoms with E-state index in [9.17, 15) is 0 Å². The minimum absolute atomic E-state index is 0. The Morgan fingerprint density at radius 1 is 1.12 bits per heavy atom. The van der Waals surface area contributed by atoms with Gasteiger partial charge in [0, 0.05) is 43.8 Å². The molecule has 2 aromatic carbocycles. The highest BCUT2D eigenvalue weighted by Crippen LogP contribution is 2.28. The molecule has 0 aromatic heterocycles. The van der Waals surface area contributed by atoms with Gasteiger partial charge in [-0.15, -0.1) is 12.4 Å². The van der Waals surface area contributed by atoms with Gasteiger partial charge < -0.3 is 15.2 Å². The lowest BCUT2D eigenvalue weighted by atomic mass is 9.95. The molecule has 2 atom stereocenters. The summed E-state index contributed by atoms with van der Waals surface area (Å²) >= 11 is 0. The first kappa shape index (κ1) is 20.7. The molecule has 142 valence electrons. The summed E-state index contributed by atoms with van der Waals surface area (Å²) in [5.74, 6) is 1.29. The highest BCUT2D eigenvalue weighted by atomic mass is 35.5. The number of likely N-dealkylation sites (tertiary alicyclic amines) is 1. The highest BCUT2D eigenvalue weighted by Gasteiger charge is 2.31. The lowest BCUT2D eigenvalue weighted by molar-refractivity contribution is 0.132. The molecule has 2 aromatic rings. The maximum absolute atomic E-state index is 6.41. The van der Waals surface area contributed by atoms with Gasteiger partial charge in [0.1, 0.15) is 5.75 Å². The van der Waals surface area contributed by atoms with Gasteiger partial charge in [0.05, 0.1) is 13.7 Å². The first-order valence-electron chi connectivity index (χ1n) is 8.97. The molecule has 1 heterocycles. The van der Waals surface area contributed by atoms with Gasteiger partial charge in [-0.1, -0.05) is 36.4 Å². The Morgan fingerprint density at radius 3 is 2.58 bits per heavy atom. The van der Waals surface area contributed by atoms with Crippen LogP contribution in [0.2, 0.25) is 0 Å². The number of rotatable bonds is 7. The summed E-state index contributed by atoms with van der Waals surface area (Å²) < 4.78 is 11.0. The zero-order chi connectivity index (χ0) is 17.6. The highest BCUT2D eigenvalue weighted by molar-refractivity contribution is 5.85. The maximum Gasteiger partial charge on any atom is 0.124 e. The van der Waals surface area contributed by atoms with Crippen molar-refractivity contribution in [2.45, 2.75) is 32.0 Å². The van der Waals surface area contributed by atoms with Crippen LogP contribution in [0.15, 0.2) is 48.5 Å². The Balaban J connectivity index is 0.00000243. The Bertz CT molecular complexity index is 681. The van der Waals surface area contributed by atoms with Crippen LogP contribution in [0.4, 0.5) is 0 Å². The predicted molar refractivity (Wildman–Crippen MR) is 108 cm³/mol. The Morgan fingerprint density at radius 2 is 1.88 bits per heavy atom. The van der Waals surface area contributed by atoms with Crippen molar-refractivity contribution in [1.82, 2.24) is 4.90 Å². The van der Waals surface area contributed by atoms with Crippen molar-refractivity contribution in [1.29, 1.82) is 0 Å². The number of nitrogens with zero attached hydrogens (tertiary/aromatic N) is 1. The Hall–Kier alpha value is -1.59. The van der Waals surface area contributed by atoms with Crippen LogP contribution in [0.5, 0.6) is 5.75 Å². The van der Waals surface area contributed by atoms with Gasteiger partial charge in [0.15, 0.2) is 0 Å². The van der Waals surface area contributed by atoms with Crippen molar-refractivity contribution in [3.8, 4) is 5.75 Å². The van der Waals surface area contributed by atoms with Crippen molar-refractivity contribution < 1.29 is 9.47 Å². The molecule has 1 aliphatic heterocycles. The SMILES string of the molecule is CCOCc1cc(CN2C[C@@H](N)[C@H](c3ccccc3)C2)ccc1OC.Cl. The summed E-state index contributed by atoms with van der Waals surface area (Å²) in [7, 11) is 1.70. The summed E-state index contributed by atoms with van der Waals surface area (Å²) in [6.07, 6.45) is 0. The van der Waals surface area contributed by atoms with Crippen LogP contribution >= 0.6 is 12.4 Å². The summed E-state index contributed by atoms with van der Waals surface area (Å²) in [4.78, 5) is 2.44. The third-order valence-electron chi connectivity index (χ3n) is 4.88. The van der Waals surface area contributed by atoms with Crippen LogP contribution in [0, 0.1) is 0 Å². The van der Waals surface area contributed by atoms with Crippen molar-refractivity contribution in [2.24, 2.45) is 5.73 Å². The van der Waals surface area contributed by atoms with E-state index in [1.165, 1.54) is 11.1 Å². The average Bonchev–Trinajstić information content (AvgIpc) is 3.01. The fraction of sp³-hybridized carbons (Fsp3) is 0.429. The van der Waals surface area contributed by atoms with E-state index < -0.39 is 0 Å². The van der Waals surface area contributed by atoms with Crippen molar-refractivity contribution in [3.05, 3.63) is 65.2 Å². The molecule has 0 unspecified atom stereocenters. The van der Waals surface area contributed by atoms with Crippen LogP contribution in [0.1, 0.15) is 29.5 Å². The number of halogens is 1. The van der Waals surface area contributed by atoms with Gasteiger partial charge in [-0.2, -0.15) is 0 Å². The molecule has 0 bridgehead atoms. The van der Waals surface area contributed by atoms with Crippen LogP contribution in [0.3, 0.4) is 0 Å². The molecule has 0 radical (unpaired) electrons. The van der Waals surface area contributed by atoms with Gasteiger partial charge >= 0.3 is 0 Å². The lowest BCUT2D eigenvalue weighted by Gasteiger charge is -2.17. The van der Waals surface area contributed by atoms with Crippen molar-refractivity contribution in [3.63, 3.8) is 0 Å². The van der Waals surface area contributed by atoms with Gasteiger partial charge in [-0.05, 0) is 30.2 Å². The van der Waals surface area contributed by atoms with E-state index in [1.54, 1.807) is 7.11 Å². The molecular formula is C21H29ClN2O2. The second kappa shape index (κ2) is 9.93. The Kier molecular flexibility index (Phi) is 7.91. The summed E-state index contributed by atoms with van der Waals surface area (Å²) in [5.41, 5.74) is 10.1. The molecule has 5 heteroatoms. The van der Waals surface area contributed by atoms with E-state index >= 15 is 0 Å². The molecule has 26 heavy (non-hydrogen) atoms. The number of hydrogen-bond acceptors (Lipinski definition) is 4. The molecule has 1 fully saturated rings. The van der Waals surface area contributed by atoms with Gasteiger partial charge in [0.2, 0.25) is 0 Å². The topological polar surface area (TPSA) is 47.7 Å². The van der Waals surface area contributed by atoms with E-state index in [4.69, 9.17) is 15.2 Å². The minimum Gasteiger partial charge on any atom is -0.496 e. The zero-order valence-corrected chi connectivity index (χ0v) is 16.4. The number of ether oxygens (including phenoxy) is 2. The third kappa shape index (κ3) is 4.98. The van der Waals surface area contributed by atoms with Gasteiger partial charge in [0.25, 0.3) is 0 Å². The number of benzene rings is 2. The molecule has 1 saturated heterocycles. The number of hydrogen-bond donors (Lipinski definition) is 1.